The number of hydrogen-bond donors (Lipinski definition) is 2. The van der Waals surface area contributed by atoms with Gasteiger partial charge in [-0.3, -0.25) is 9.69 Å². The summed E-state index contributed by atoms with van der Waals surface area (Å²) in [6, 6.07) is 2.24. The summed E-state index contributed by atoms with van der Waals surface area (Å²) in [6.07, 6.45) is 0.163. The van der Waals surface area contributed by atoms with Gasteiger partial charge in [0.1, 0.15) is 34.9 Å². The molecule has 2 aliphatic rings. The normalized spacial score (nSPS) is 17.0. The number of anilines is 4. The molecule has 4 heterocycles. The predicted molar refractivity (Wildman–Crippen MR) is 93.2 cm³/mol. The quantitative estimate of drug-likeness (QED) is 0.742. The lowest BCUT2D eigenvalue weighted by Gasteiger charge is -2.29. The van der Waals surface area contributed by atoms with Crippen LogP contribution in [-0.4, -0.2) is 49.2 Å². The van der Waals surface area contributed by atoms with Crippen molar-refractivity contribution < 1.29 is 9.53 Å². The topological polar surface area (TPSA) is 134 Å². The maximum atomic E-state index is 12.1. The number of hydrogen-bond acceptors (Lipinski definition) is 8. The average Bonchev–Trinajstić information content (AvgIpc) is 2.90. The molecule has 4 rings (SSSR count). The number of fused-ring (bicyclic) bond motifs is 3. The Kier molecular flexibility index (Phi) is 3.36. The third-order valence-electron chi connectivity index (χ3n) is 4.70. The van der Waals surface area contributed by atoms with Crippen LogP contribution in [0.15, 0.2) is 0 Å². The molecular weight excluding hydrogens is 322 g/mol. The molecule has 0 radical (unpaired) electrons. The predicted octanol–water partition coefficient (Wildman–Crippen LogP) is 0.0214. The summed E-state index contributed by atoms with van der Waals surface area (Å²) >= 11 is 0. The van der Waals surface area contributed by atoms with Gasteiger partial charge in [0.05, 0.1) is 25.0 Å². The number of nitriles is 1. The largest absolute Gasteiger partial charge is 0.383 e. The number of rotatable bonds is 1. The summed E-state index contributed by atoms with van der Waals surface area (Å²) in [5, 5.41) is 10.9. The molecule has 25 heavy (non-hydrogen) atoms. The van der Waals surface area contributed by atoms with Crippen molar-refractivity contribution in [2.24, 2.45) is 0 Å². The van der Waals surface area contributed by atoms with Crippen molar-refractivity contribution in [1.82, 2.24) is 9.97 Å². The minimum atomic E-state index is -0.0957. The fraction of sp³-hybridized carbons (Fsp3) is 0.375. The lowest BCUT2D eigenvalue weighted by molar-refractivity contribution is -0.117. The standard InChI is InChI=1S/C16H17N7O2/c1-22-10(24)6-8-11-9(7-17)16(23-2-4-25-5-3-23)21-14(19)12(11)13(18)20-15(8)22/h2-6H2,1H3,(H2,18,20)(H2,19,21). The van der Waals surface area contributed by atoms with Gasteiger partial charge in [-0.05, 0) is 0 Å². The molecule has 9 nitrogen and oxygen atoms in total. The van der Waals surface area contributed by atoms with Gasteiger partial charge in [0.15, 0.2) is 0 Å². The maximum Gasteiger partial charge on any atom is 0.232 e. The molecule has 0 aliphatic carbocycles. The van der Waals surface area contributed by atoms with E-state index in [1.54, 1.807) is 7.05 Å². The van der Waals surface area contributed by atoms with Gasteiger partial charge in [0.2, 0.25) is 5.91 Å². The second-order valence-electron chi connectivity index (χ2n) is 6.09. The molecule has 0 unspecified atom stereocenters. The molecular formula is C16H17N7O2. The number of pyridine rings is 2. The SMILES string of the molecule is CN1C(=O)Cc2c1nc(N)c1c(N)nc(N3CCOCC3)c(C#N)c21. The molecule has 0 saturated carbocycles. The minimum absolute atomic E-state index is 0.0957. The zero-order chi connectivity index (χ0) is 17.7. The molecule has 0 bridgehead atoms. The van der Waals surface area contributed by atoms with Crippen LogP contribution in [0.4, 0.5) is 23.3 Å². The van der Waals surface area contributed by atoms with Crippen LogP contribution in [0, 0.1) is 11.3 Å². The first-order valence-corrected chi connectivity index (χ1v) is 7.93. The van der Waals surface area contributed by atoms with Gasteiger partial charge in [0, 0.05) is 31.1 Å². The smallest absolute Gasteiger partial charge is 0.232 e. The number of aromatic nitrogens is 2. The number of likely N-dealkylation sites (N-methyl/N-ethyl adjacent to an activating group) is 1. The second kappa shape index (κ2) is 5.46. The molecule has 0 atom stereocenters. The van der Waals surface area contributed by atoms with Gasteiger partial charge >= 0.3 is 0 Å². The van der Waals surface area contributed by atoms with Gasteiger partial charge < -0.3 is 21.1 Å². The number of ether oxygens (including phenoxy) is 1. The third kappa shape index (κ3) is 2.15. The van der Waals surface area contributed by atoms with Crippen molar-refractivity contribution in [2.75, 3.05) is 54.6 Å². The zero-order valence-corrected chi connectivity index (χ0v) is 13.7. The Balaban J connectivity index is 2.07. The van der Waals surface area contributed by atoms with E-state index in [4.69, 9.17) is 16.2 Å². The second-order valence-corrected chi connectivity index (χ2v) is 6.09. The molecule has 4 N–H and O–H groups in total. The van der Waals surface area contributed by atoms with Gasteiger partial charge in [0.25, 0.3) is 0 Å². The number of carbonyl (C=O) groups is 1. The van der Waals surface area contributed by atoms with Crippen LogP contribution < -0.4 is 21.3 Å². The number of carbonyl (C=O) groups excluding carboxylic acids is 1. The molecule has 0 aromatic carbocycles. The average molecular weight is 339 g/mol. The first-order chi connectivity index (χ1) is 12.0. The molecule has 2 aromatic rings. The minimum Gasteiger partial charge on any atom is -0.383 e. The molecule has 1 saturated heterocycles. The summed E-state index contributed by atoms with van der Waals surface area (Å²) < 4.78 is 5.37. The van der Waals surface area contributed by atoms with E-state index >= 15 is 0 Å². The Labute approximate surface area is 143 Å². The first-order valence-electron chi connectivity index (χ1n) is 7.93. The monoisotopic (exact) mass is 339 g/mol. The fourth-order valence-electron chi connectivity index (χ4n) is 3.44. The van der Waals surface area contributed by atoms with E-state index in [0.717, 1.165) is 0 Å². The summed E-state index contributed by atoms with van der Waals surface area (Å²) in [6.45, 7) is 2.35. The molecule has 0 spiro atoms. The number of nitrogens with zero attached hydrogens (tertiary/aromatic N) is 5. The Hall–Kier alpha value is -3.12. The van der Waals surface area contributed by atoms with Crippen LogP contribution >= 0.6 is 0 Å². The van der Waals surface area contributed by atoms with Crippen LogP contribution in [0.25, 0.3) is 10.8 Å². The number of amides is 1. The van der Waals surface area contributed by atoms with E-state index in [1.165, 1.54) is 4.90 Å². The maximum absolute atomic E-state index is 12.1. The van der Waals surface area contributed by atoms with Crippen molar-refractivity contribution in [1.29, 1.82) is 5.26 Å². The Morgan fingerprint density at radius 3 is 2.40 bits per heavy atom. The first kappa shape index (κ1) is 15.4. The Morgan fingerprint density at radius 2 is 1.76 bits per heavy atom. The van der Waals surface area contributed by atoms with Gasteiger partial charge in [-0.1, -0.05) is 0 Å². The highest BCUT2D eigenvalue weighted by atomic mass is 16.5. The van der Waals surface area contributed by atoms with Crippen molar-refractivity contribution >= 4 is 40.0 Å². The van der Waals surface area contributed by atoms with Crippen LogP contribution in [0.2, 0.25) is 0 Å². The molecule has 1 amide bonds. The zero-order valence-electron chi connectivity index (χ0n) is 13.7. The number of nitrogen functional groups attached to an aromatic ring is 2. The molecule has 9 heteroatoms. The van der Waals surface area contributed by atoms with Crippen molar-refractivity contribution in [3.63, 3.8) is 0 Å². The van der Waals surface area contributed by atoms with Crippen LogP contribution in [0.1, 0.15) is 11.1 Å². The van der Waals surface area contributed by atoms with Crippen LogP contribution in [0.3, 0.4) is 0 Å². The van der Waals surface area contributed by atoms with Crippen molar-refractivity contribution in [3.05, 3.63) is 11.1 Å². The lowest BCUT2D eigenvalue weighted by atomic mass is 10.0. The van der Waals surface area contributed by atoms with E-state index in [0.29, 0.717) is 59.8 Å². The summed E-state index contributed by atoms with van der Waals surface area (Å²) in [5.74, 6) is 1.27. The van der Waals surface area contributed by atoms with Gasteiger partial charge in [-0.15, -0.1) is 0 Å². The summed E-state index contributed by atoms with van der Waals surface area (Å²) in [7, 11) is 1.64. The van der Waals surface area contributed by atoms with Crippen molar-refractivity contribution in [2.45, 2.75) is 6.42 Å². The van der Waals surface area contributed by atoms with Crippen molar-refractivity contribution in [3.8, 4) is 6.07 Å². The fourth-order valence-corrected chi connectivity index (χ4v) is 3.44. The summed E-state index contributed by atoms with van der Waals surface area (Å²) in [5.41, 5.74) is 13.3. The highest BCUT2D eigenvalue weighted by Gasteiger charge is 2.32. The van der Waals surface area contributed by atoms with Gasteiger partial charge in [-0.2, -0.15) is 5.26 Å². The van der Waals surface area contributed by atoms with E-state index < -0.39 is 0 Å². The van der Waals surface area contributed by atoms with Crippen LogP contribution in [0.5, 0.6) is 0 Å². The van der Waals surface area contributed by atoms with E-state index in [9.17, 15) is 10.1 Å². The molecule has 1 fully saturated rings. The summed E-state index contributed by atoms with van der Waals surface area (Å²) in [4.78, 5) is 24.3. The third-order valence-corrected chi connectivity index (χ3v) is 4.70. The van der Waals surface area contributed by atoms with E-state index in [2.05, 4.69) is 16.0 Å². The Bertz CT molecular complexity index is 944. The molecule has 2 aliphatic heterocycles. The number of morpholine rings is 1. The van der Waals surface area contributed by atoms with E-state index in [1.807, 2.05) is 4.90 Å². The highest BCUT2D eigenvalue weighted by Crippen LogP contribution is 2.41. The highest BCUT2D eigenvalue weighted by molar-refractivity contribution is 6.13. The Morgan fingerprint density at radius 1 is 1.12 bits per heavy atom. The van der Waals surface area contributed by atoms with E-state index in [-0.39, 0.29) is 24.0 Å². The van der Waals surface area contributed by atoms with Crippen LogP contribution in [-0.2, 0) is 16.0 Å². The molecule has 128 valence electrons. The lowest BCUT2D eigenvalue weighted by Crippen LogP contribution is -2.37. The van der Waals surface area contributed by atoms with Gasteiger partial charge in [-0.25, -0.2) is 9.97 Å². The number of nitrogens with two attached hydrogens (primary N) is 2. The molecule has 2 aromatic heterocycles.